The maximum absolute atomic E-state index is 12.3. The molecule has 28 heavy (non-hydrogen) atoms. The van der Waals surface area contributed by atoms with Crippen molar-refractivity contribution in [3.05, 3.63) is 87.7 Å². The van der Waals surface area contributed by atoms with Gasteiger partial charge in [-0.1, -0.05) is 36.4 Å². The monoisotopic (exact) mass is 377 g/mol. The topological polar surface area (TPSA) is 73.2 Å². The third-order valence-corrected chi connectivity index (χ3v) is 4.49. The van der Waals surface area contributed by atoms with Gasteiger partial charge >= 0.3 is 0 Å². The number of amides is 1. The van der Waals surface area contributed by atoms with Gasteiger partial charge in [0, 0.05) is 18.7 Å². The molecular formula is C22H23N3O3. The highest BCUT2D eigenvalue weighted by molar-refractivity contribution is 5.80. The molecule has 1 heterocycles. The van der Waals surface area contributed by atoms with Gasteiger partial charge in [-0.15, -0.1) is 5.10 Å². The number of aryl methyl sites for hydroxylation is 2. The summed E-state index contributed by atoms with van der Waals surface area (Å²) in [5, 5.41) is 7.09. The number of nitrogens with zero attached hydrogens (tertiary/aromatic N) is 2. The quantitative estimate of drug-likeness (QED) is 0.717. The normalized spacial score (nSPS) is 11.7. The Morgan fingerprint density at radius 1 is 1.07 bits per heavy atom. The summed E-state index contributed by atoms with van der Waals surface area (Å²) in [5.74, 6) is -0.0465. The van der Waals surface area contributed by atoms with E-state index in [1.54, 1.807) is 6.92 Å². The van der Waals surface area contributed by atoms with Crippen LogP contribution in [0.4, 0.5) is 0 Å². The van der Waals surface area contributed by atoms with E-state index in [4.69, 9.17) is 4.74 Å². The minimum atomic E-state index is -0.748. The third kappa shape index (κ3) is 4.65. The lowest BCUT2D eigenvalue weighted by Gasteiger charge is -2.15. The molecule has 0 aliphatic rings. The van der Waals surface area contributed by atoms with Gasteiger partial charge in [-0.05, 0) is 49.6 Å². The van der Waals surface area contributed by atoms with Crippen molar-refractivity contribution in [3.8, 4) is 11.6 Å². The largest absolute Gasteiger partial charge is 0.464 e. The number of hydrogen-bond acceptors (Lipinski definition) is 4. The van der Waals surface area contributed by atoms with Crippen LogP contribution in [0.5, 0.6) is 5.88 Å². The van der Waals surface area contributed by atoms with Crippen LogP contribution in [0.25, 0.3) is 5.69 Å². The molecule has 3 aromatic rings. The number of benzene rings is 2. The third-order valence-electron chi connectivity index (χ3n) is 4.49. The first-order valence-corrected chi connectivity index (χ1v) is 9.10. The highest BCUT2D eigenvalue weighted by atomic mass is 16.5. The van der Waals surface area contributed by atoms with Crippen molar-refractivity contribution >= 4 is 5.91 Å². The molecule has 2 aromatic carbocycles. The first-order chi connectivity index (χ1) is 13.4. The molecule has 1 amide bonds. The molecule has 1 aromatic heterocycles. The highest BCUT2D eigenvalue weighted by Gasteiger charge is 2.16. The predicted octanol–water partition coefficient (Wildman–Crippen LogP) is 2.93. The van der Waals surface area contributed by atoms with Gasteiger partial charge < -0.3 is 10.1 Å². The SMILES string of the molecule is Cc1ccc(-n2nc(OC(C)C(=O)NCc3ccccc3)ccc2=O)cc1C. The zero-order chi connectivity index (χ0) is 20.1. The van der Waals surface area contributed by atoms with E-state index in [1.165, 1.54) is 16.8 Å². The Morgan fingerprint density at radius 2 is 1.82 bits per heavy atom. The lowest BCUT2D eigenvalue weighted by molar-refractivity contribution is -0.127. The van der Waals surface area contributed by atoms with Gasteiger partial charge in [0.1, 0.15) is 0 Å². The van der Waals surface area contributed by atoms with Crippen molar-refractivity contribution in [2.45, 2.75) is 33.4 Å². The molecule has 3 rings (SSSR count). The van der Waals surface area contributed by atoms with E-state index in [0.29, 0.717) is 12.2 Å². The smallest absolute Gasteiger partial charge is 0.271 e. The summed E-state index contributed by atoms with van der Waals surface area (Å²) in [4.78, 5) is 24.5. The molecule has 0 spiro atoms. The van der Waals surface area contributed by atoms with Gasteiger partial charge in [0.2, 0.25) is 5.88 Å². The number of rotatable bonds is 6. The molecule has 0 saturated carbocycles. The predicted molar refractivity (Wildman–Crippen MR) is 108 cm³/mol. The maximum atomic E-state index is 12.3. The molecule has 0 aliphatic heterocycles. The maximum Gasteiger partial charge on any atom is 0.271 e. The average Bonchev–Trinajstić information content (AvgIpc) is 2.70. The molecule has 1 atom stereocenters. The number of nitrogens with one attached hydrogen (secondary N) is 1. The summed E-state index contributed by atoms with van der Waals surface area (Å²) in [6.07, 6.45) is -0.748. The number of carbonyl (C=O) groups excluding carboxylic acids is 1. The van der Waals surface area contributed by atoms with E-state index in [0.717, 1.165) is 16.7 Å². The molecule has 144 valence electrons. The Kier molecular flexibility index (Phi) is 5.89. The fraction of sp³-hybridized carbons (Fsp3) is 0.227. The zero-order valence-electron chi connectivity index (χ0n) is 16.2. The first-order valence-electron chi connectivity index (χ1n) is 9.10. The van der Waals surface area contributed by atoms with Crippen LogP contribution >= 0.6 is 0 Å². The number of aromatic nitrogens is 2. The Morgan fingerprint density at radius 3 is 2.54 bits per heavy atom. The Labute approximate surface area is 163 Å². The van der Waals surface area contributed by atoms with Crippen LogP contribution in [0, 0.1) is 13.8 Å². The van der Waals surface area contributed by atoms with Crippen LogP contribution in [0.15, 0.2) is 65.5 Å². The minimum Gasteiger partial charge on any atom is -0.464 e. The molecule has 0 radical (unpaired) electrons. The van der Waals surface area contributed by atoms with E-state index >= 15 is 0 Å². The van der Waals surface area contributed by atoms with Gasteiger partial charge in [0.25, 0.3) is 11.5 Å². The molecule has 6 heteroatoms. The fourth-order valence-electron chi connectivity index (χ4n) is 2.66. The number of carbonyl (C=O) groups is 1. The fourth-order valence-corrected chi connectivity index (χ4v) is 2.66. The van der Waals surface area contributed by atoms with Crippen LogP contribution in [0.1, 0.15) is 23.6 Å². The molecule has 0 saturated heterocycles. The van der Waals surface area contributed by atoms with Crippen LogP contribution in [-0.4, -0.2) is 21.8 Å². The first kappa shape index (κ1) is 19.4. The summed E-state index contributed by atoms with van der Waals surface area (Å²) in [7, 11) is 0. The lowest BCUT2D eigenvalue weighted by atomic mass is 10.1. The van der Waals surface area contributed by atoms with E-state index < -0.39 is 6.10 Å². The lowest BCUT2D eigenvalue weighted by Crippen LogP contribution is -2.36. The molecule has 0 aliphatic carbocycles. The Balaban J connectivity index is 1.70. The van der Waals surface area contributed by atoms with Crippen LogP contribution in [-0.2, 0) is 11.3 Å². The Bertz CT molecular complexity index is 1030. The van der Waals surface area contributed by atoms with Crippen molar-refractivity contribution < 1.29 is 9.53 Å². The van der Waals surface area contributed by atoms with Gasteiger partial charge in [-0.2, -0.15) is 4.68 Å². The summed E-state index contributed by atoms with van der Waals surface area (Å²) in [5.41, 5.74) is 3.58. The van der Waals surface area contributed by atoms with Gasteiger partial charge in [-0.25, -0.2) is 0 Å². The van der Waals surface area contributed by atoms with E-state index in [9.17, 15) is 9.59 Å². The van der Waals surface area contributed by atoms with Crippen molar-refractivity contribution in [2.75, 3.05) is 0 Å². The van der Waals surface area contributed by atoms with E-state index in [1.807, 2.05) is 62.4 Å². The van der Waals surface area contributed by atoms with Gasteiger partial charge in [0.05, 0.1) is 5.69 Å². The standard InChI is InChI=1S/C22H23N3O3/c1-15-9-10-19(13-16(15)2)25-21(26)12-11-20(24-25)28-17(3)22(27)23-14-18-7-5-4-6-8-18/h4-13,17H,14H2,1-3H3,(H,23,27). The second kappa shape index (κ2) is 8.52. The van der Waals surface area contributed by atoms with Crippen molar-refractivity contribution in [2.24, 2.45) is 0 Å². The van der Waals surface area contributed by atoms with Gasteiger partial charge in [-0.3, -0.25) is 9.59 Å². The number of hydrogen-bond donors (Lipinski definition) is 1. The summed E-state index contributed by atoms with van der Waals surface area (Å²) in [6, 6.07) is 18.1. The summed E-state index contributed by atoms with van der Waals surface area (Å²) in [6.45, 7) is 6.05. The molecule has 1 N–H and O–H groups in total. The van der Waals surface area contributed by atoms with Crippen LogP contribution in [0.2, 0.25) is 0 Å². The molecule has 6 nitrogen and oxygen atoms in total. The van der Waals surface area contributed by atoms with Crippen LogP contribution < -0.4 is 15.6 Å². The zero-order valence-corrected chi connectivity index (χ0v) is 16.2. The van der Waals surface area contributed by atoms with E-state index in [2.05, 4.69) is 10.4 Å². The molecule has 0 fully saturated rings. The summed E-state index contributed by atoms with van der Waals surface area (Å²) < 4.78 is 6.93. The summed E-state index contributed by atoms with van der Waals surface area (Å²) >= 11 is 0. The molecular weight excluding hydrogens is 354 g/mol. The average molecular weight is 377 g/mol. The van der Waals surface area contributed by atoms with E-state index in [-0.39, 0.29) is 17.3 Å². The second-order valence-electron chi connectivity index (χ2n) is 6.65. The molecule has 1 unspecified atom stereocenters. The van der Waals surface area contributed by atoms with Crippen molar-refractivity contribution in [3.63, 3.8) is 0 Å². The molecule has 0 bridgehead atoms. The highest BCUT2D eigenvalue weighted by Crippen LogP contribution is 2.14. The number of ether oxygens (including phenoxy) is 1. The van der Waals surface area contributed by atoms with Gasteiger partial charge in [0.15, 0.2) is 6.10 Å². The Hall–Kier alpha value is -3.41. The van der Waals surface area contributed by atoms with Crippen molar-refractivity contribution in [1.29, 1.82) is 0 Å². The van der Waals surface area contributed by atoms with Crippen molar-refractivity contribution in [1.82, 2.24) is 15.1 Å². The second-order valence-corrected chi connectivity index (χ2v) is 6.65. The van der Waals surface area contributed by atoms with Crippen LogP contribution in [0.3, 0.4) is 0 Å². The minimum absolute atomic E-state index is 0.209.